The van der Waals surface area contributed by atoms with Gasteiger partial charge in [-0.05, 0) is 31.9 Å². The number of aliphatic carboxylic acids is 1. The molecule has 0 bridgehead atoms. The van der Waals surface area contributed by atoms with Crippen LogP contribution in [0.1, 0.15) is 34.6 Å². The number of carbonyl (C=O) groups is 1. The zero-order valence-corrected chi connectivity index (χ0v) is 10.0. The Balaban J connectivity index is 2.69. The number of rotatable bonds is 5. The molecule has 0 spiro atoms. The van der Waals surface area contributed by atoms with Gasteiger partial charge in [-0.25, -0.2) is 8.78 Å². The normalized spacial score (nSPS) is 11.8. The maximum atomic E-state index is 13.7. The maximum absolute atomic E-state index is 13.7. The Bertz CT molecular complexity index is 385. The van der Waals surface area contributed by atoms with Gasteiger partial charge in [-0.3, -0.25) is 4.79 Å². The minimum Gasteiger partial charge on any atom is -0.481 e. The lowest BCUT2D eigenvalue weighted by Gasteiger charge is -2.15. The van der Waals surface area contributed by atoms with E-state index in [2.05, 4.69) is 0 Å². The van der Waals surface area contributed by atoms with E-state index in [9.17, 15) is 13.6 Å². The molecule has 2 nitrogen and oxygen atoms in total. The number of aryl methyl sites for hydroxylation is 2. The van der Waals surface area contributed by atoms with E-state index in [0.717, 1.165) is 16.2 Å². The number of hydrogen-bond donors (Lipinski definition) is 1. The minimum absolute atomic E-state index is 0.00127. The highest BCUT2D eigenvalue weighted by molar-refractivity contribution is 7.12. The monoisotopic (exact) mass is 248 g/mol. The summed E-state index contributed by atoms with van der Waals surface area (Å²) < 4.78 is 27.4. The van der Waals surface area contributed by atoms with Crippen LogP contribution in [0.4, 0.5) is 8.78 Å². The van der Waals surface area contributed by atoms with Gasteiger partial charge in [0.1, 0.15) is 0 Å². The third kappa shape index (κ3) is 3.27. The number of hydrogen-bond acceptors (Lipinski definition) is 2. The Labute approximate surface area is 96.9 Å². The van der Waals surface area contributed by atoms with Gasteiger partial charge in [0.15, 0.2) is 0 Å². The van der Waals surface area contributed by atoms with Crippen LogP contribution < -0.4 is 0 Å². The Hall–Kier alpha value is -0.970. The Morgan fingerprint density at radius 2 is 2.12 bits per heavy atom. The van der Waals surface area contributed by atoms with Crippen molar-refractivity contribution < 1.29 is 18.7 Å². The van der Waals surface area contributed by atoms with E-state index < -0.39 is 18.3 Å². The van der Waals surface area contributed by atoms with Crippen molar-refractivity contribution in [1.29, 1.82) is 0 Å². The number of carboxylic acids is 1. The molecule has 0 atom stereocenters. The van der Waals surface area contributed by atoms with Gasteiger partial charge in [0.25, 0.3) is 5.92 Å². The highest BCUT2D eigenvalue weighted by Gasteiger charge is 2.34. The van der Waals surface area contributed by atoms with Crippen molar-refractivity contribution in [3.05, 3.63) is 21.4 Å². The lowest BCUT2D eigenvalue weighted by atomic mass is 10.1. The molecule has 1 rings (SSSR count). The van der Waals surface area contributed by atoms with Crippen LogP contribution in [-0.2, 0) is 10.7 Å². The molecule has 0 radical (unpaired) electrons. The van der Waals surface area contributed by atoms with E-state index >= 15 is 0 Å². The second kappa shape index (κ2) is 4.91. The van der Waals surface area contributed by atoms with Gasteiger partial charge in [-0.1, -0.05) is 0 Å². The summed E-state index contributed by atoms with van der Waals surface area (Å²) in [6, 6.07) is 1.73. The molecule has 1 heterocycles. The standard InChI is InChI=1S/C11H14F2O2S/c1-7-6-8(2)16-10(7)11(12,13)5-3-4-9(14)15/h6H,3-5H2,1-2H3,(H,14,15). The van der Waals surface area contributed by atoms with Crippen LogP contribution in [0.3, 0.4) is 0 Å². The fourth-order valence-electron chi connectivity index (χ4n) is 1.58. The Kier molecular flexibility index (Phi) is 4.02. The fraction of sp³-hybridized carbons (Fsp3) is 0.545. The summed E-state index contributed by atoms with van der Waals surface area (Å²) in [4.78, 5) is 11.2. The highest BCUT2D eigenvalue weighted by atomic mass is 32.1. The average molecular weight is 248 g/mol. The van der Waals surface area contributed by atoms with Gasteiger partial charge < -0.3 is 5.11 Å². The van der Waals surface area contributed by atoms with Crippen LogP contribution >= 0.6 is 11.3 Å². The number of thiophene rings is 1. The molecule has 0 aliphatic heterocycles. The summed E-state index contributed by atoms with van der Waals surface area (Å²) in [7, 11) is 0. The summed E-state index contributed by atoms with van der Waals surface area (Å²) in [5, 5.41) is 8.40. The molecule has 0 saturated heterocycles. The van der Waals surface area contributed by atoms with Crippen LogP contribution in [0.25, 0.3) is 0 Å². The summed E-state index contributed by atoms with van der Waals surface area (Å²) in [5.41, 5.74) is 0.586. The maximum Gasteiger partial charge on any atom is 0.303 e. The van der Waals surface area contributed by atoms with Gasteiger partial charge >= 0.3 is 5.97 Å². The van der Waals surface area contributed by atoms with Crippen molar-refractivity contribution in [2.45, 2.75) is 39.0 Å². The Morgan fingerprint density at radius 1 is 1.50 bits per heavy atom. The second-order valence-electron chi connectivity index (χ2n) is 3.82. The molecule has 0 fully saturated rings. The van der Waals surface area contributed by atoms with Gasteiger partial charge in [0, 0.05) is 17.7 Å². The van der Waals surface area contributed by atoms with Crippen molar-refractivity contribution in [2.75, 3.05) is 0 Å². The van der Waals surface area contributed by atoms with Crippen LogP contribution in [0, 0.1) is 13.8 Å². The third-order valence-electron chi connectivity index (χ3n) is 2.25. The van der Waals surface area contributed by atoms with Crippen LogP contribution in [0.15, 0.2) is 6.07 Å². The van der Waals surface area contributed by atoms with E-state index in [4.69, 9.17) is 5.11 Å². The number of halogens is 2. The van der Waals surface area contributed by atoms with E-state index in [-0.39, 0.29) is 17.7 Å². The smallest absolute Gasteiger partial charge is 0.303 e. The van der Waals surface area contributed by atoms with Crippen molar-refractivity contribution in [2.24, 2.45) is 0 Å². The van der Waals surface area contributed by atoms with E-state index in [1.807, 2.05) is 0 Å². The van der Waals surface area contributed by atoms with E-state index in [1.165, 1.54) is 0 Å². The molecule has 90 valence electrons. The molecular formula is C11H14F2O2S. The molecule has 1 aromatic rings. The zero-order valence-electron chi connectivity index (χ0n) is 9.22. The summed E-state index contributed by atoms with van der Waals surface area (Å²) in [5.74, 6) is -3.94. The van der Waals surface area contributed by atoms with Crippen molar-refractivity contribution in [3.63, 3.8) is 0 Å². The SMILES string of the molecule is Cc1cc(C)c(C(F)(F)CCCC(=O)O)s1. The first kappa shape index (κ1) is 13.1. The molecule has 1 N–H and O–H groups in total. The lowest BCUT2D eigenvalue weighted by Crippen LogP contribution is -2.13. The minimum atomic E-state index is -2.90. The first-order valence-electron chi connectivity index (χ1n) is 5.00. The molecule has 0 aromatic carbocycles. The molecule has 5 heteroatoms. The molecule has 0 aliphatic carbocycles. The van der Waals surface area contributed by atoms with Crippen molar-refractivity contribution >= 4 is 17.3 Å². The van der Waals surface area contributed by atoms with Crippen LogP contribution in [-0.4, -0.2) is 11.1 Å². The molecule has 0 saturated carbocycles. The quantitative estimate of drug-likeness (QED) is 0.862. The summed E-state index contributed by atoms with van der Waals surface area (Å²) >= 11 is 1.08. The number of carboxylic acid groups (broad SMARTS) is 1. The third-order valence-corrected chi connectivity index (χ3v) is 3.52. The van der Waals surface area contributed by atoms with Crippen LogP contribution in [0.5, 0.6) is 0 Å². The Morgan fingerprint density at radius 3 is 2.56 bits per heavy atom. The largest absolute Gasteiger partial charge is 0.481 e. The predicted molar refractivity (Wildman–Crippen MR) is 59.2 cm³/mol. The number of alkyl halides is 2. The van der Waals surface area contributed by atoms with Gasteiger partial charge in [0.05, 0.1) is 4.88 Å². The van der Waals surface area contributed by atoms with Crippen molar-refractivity contribution in [3.8, 4) is 0 Å². The van der Waals surface area contributed by atoms with Crippen molar-refractivity contribution in [1.82, 2.24) is 0 Å². The molecule has 0 unspecified atom stereocenters. The average Bonchev–Trinajstić information content (AvgIpc) is 2.44. The molecule has 16 heavy (non-hydrogen) atoms. The lowest BCUT2D eigenvalue weighted by molar-refractivity contribution is -0.137. The summed E-state index contributed by atoms with van der Waals surface area (Å²) in [6.07, 6.45) is -0.613. The molecule has 0 amide bonds. The van der Waals surface area contributed by atoms with Crippen LogP contribution in [0.2, 0.25) is 0 Å². The first-order chi connectivity index (χ1) is 7.33. The van der Waals surface area contributed by atoms with Gasteiger partial charge in [0.2, 0.25) is 0 Å². The molecule has 1 aromatic heterocycles. The predicted octanol–water partition coefficient (Wildman–Crippen LogP) is 3.71. The fourth-order valence-corrected chi connectivity index (χ4v) is 2.61. The van der Waals surface area contributed by atoms with E-state index in [0.29, 0.717) is 5.56 Å². The van der Waals surface area contributed by atoms with E-state index in [1.54, 1.807) is 19.9 Å². The topological polar surface area (TPSA) is 37.3 Å². The van der Waals surface area contributed by atoms with Gasteiger partial charge in [-0.15, -0.1) is 11.3 Å². The summed E-state index contributed by atoms with van der Waals surface area (Å²) in [6.45, 7) is 3.44. The highest BCUT2D eigenvalue weighted by Crippen LogP contribution is 2.39. The molecular weight excluding hydrogens is 234 g/mol. The second-order valence-corrected chi connectivity index (χ2v) is 5.08. The zero-order chi connectivity index (χ0) is 12.3. The molecule has 0 aliphatic rings. The van der Waals surface area contributed by atoms with Gasteiger partial charge in [-0.2, -0.15) is 0 Å². The first-order valence-corrected chi connectivity index (χ1v) is 5.81.